The molecule has 2 saturated heterocycles. The van der Waals surface area contributed by atoms with Gasteiger partial charge in [-0.1, -0.05) is 30.0 Å². The molecule has 0 unspecified atom stereocenters. The zero-order valence-electron chi connectivity index (χ0n) is 17.4. The first-order valence-corrected chi connectivity index (χ1v) is 11.2. The molecule has 0 spiro atoms. The maximum absolute atomic E-state index is 12.8. The van der Waals surface area contributed by atoms with Crippen LogP contribution in [0.4, 0.5) is 0 Å². The molecule has 2 fully saturated rings. The number of nitrogens with zero attached hydrogens (tertiary/aromatic N) is 2. The summed E-state index contributed by atoms with van der Waals surface area (Å²) in [5.41, 5.74) is 0.757. The number of thiocarbonyl (C=S) groups is 1. The van der Waals surface area contributed by atoms with Gasteiger partial charge in [0.1, 0.15) is 10.1 Å². The average Bonchev–Trinajstić information content (AvgIpc) is 3.42. The Morgan fingerprint density at radius 1 is 1.25 bits per heavy atom. The number of hydrogen-bond acceptors (Lipinski definition) is 8. The van der Waals surface area contributed by atoms with E-state index in [4.69, 9.17) is 30.8 Å². The number of methoxy groups -OCH3 is 1. The van der Waals surface area contributed by atoms with E-state index in [2.05, 4.69) is 0 Å². The van der Waals surface area contributed by atoms with E-state index in [0.29, 0.717) is 59.3 Å². The number of furan rings is 1. The number of benzene rings is 1. The highest BCUT2D eigenvalue weighted by Gasteiger charge is 2.32. The summed E-state index contributed by atoms with van der Waals surface area (Å²) in [7, 11) is 1.53. The SMILES string of the molecule is COc1cc(/C=C2\SC(=S)N(Cc3ccco3)C2=O)ccc1OCC(=O)N1CCOCC1. The third-order valence-corrected chi connectivity index (χ3v) is 6.35. The van der Waals surface area contributed by atoms with Crippen molar-refractivity contribution >= 4 is 46.2 Å². The largest absolute Gasteiger partial charge is 0.493 e. The van der Waals surface area contributed by atoms with Crippen LogP contribution in [0.5, 0.6) is 11.5 Å². The van der Waals surface area contributed by atoms with Gasteiger partial charge >= 0.3 is 0 Å². The van der Waals surface area contributed by atoms with Gasteiger partial charge in [0.2, 0.25) is 0 Å². The van der Waals surface area contributed by atoms with E-state index in [-0.39, 0.29) is 18.4 Å². The lowest BCUT2D eigenvalue weighted by Gasteiger charge is -2.26. The van der Waals surface area contributed by atoms with Crippen LogP contribution in [0.3, 0.4) is 0 Å². The van der Waals surface area contributed by atoms with Gasteiger partial charge in [-0.2, -0.15) is 0 Å². The maximum Gasteiger partial charge on any atom is 0.266 e. The molecule has 0 saturated carbocycles. The molecule has 2 aromatic rings. The first kappa shape index (κ1) is 22.4. The zero-order valence-corrected chi connectivity index (χ0v) is 19.1. The molecule has 2 amide bonds. The molecule has 1 aromatic heterocycles. The smallest absolute Gasteiger partial charge is 0.266 e. The second kappa shape index (κ2) is 10.2. The Hall–Kier alpha value is -2.82. The molecule has 168 valence electrons. The van der Waals surface area contributed by atoms with Crippen molar-refractivity contribution < 1.29 is 28.2 Å². The Kier molecular flexibility index (Phi) is 7.13. The third kappa shape index (κ3) is 5.14. The fourth-order valence-electron chi connectivity index (χ4n) is 3.28. The fourth-order valence-corrected chi connectivity index (χ4v) is 4.54. The Balaban J connectivity index is 1.43. The highest BCUT2D eigenvalue weighted by Crippen LogP contribution is 2.35. The lowest BCUT2D eigenvalue weighted by molar-refractivity contribution is -0.137. The summed E-state index contributed by atoms with van der Waals surface area (Å²) < 4.78 is 22.2. The molecule has 3 heterocycles. The molecule has 4 rings (SSSR count). The predicted molar refractivity (Wildman–Crippen MR) is 123 cm³/mol. The van der Waals surface area contributed by atoms with Gasteiger partial charge in [-0.25, -0.2) is 0 Å². The van der Waals surface area contributed by atoms with E-state index in [1.165, 1.54) is 23.8 Å². The topological polar surface area (TPSA) is 81.4 Å². The number of amides is 2. The monoisotopic (exact) mass is 474 g/mol. The van der Waals surface area contributed by atoms with Crippen LogP contribution in [-0.4, -0.2) is 66.0 Å². The first-order valence-electron chi connectivity index (χ1n) is 9.99. The van der Waals surface area contributed by atoms with Gasteiger partial charge in [-0.05, 0) is 35.9 Å². The van der Waals surface area contributed by atoms with E-state index in [9.17, 15) is 9.59 Å². The molecule has 2 aliphatic rings. The van der Waals surface area contributed by atoms with Gasteiger partial charge < -0.3 is 23.5 Å². The average molecular weight is 475 g/mol. The van der Waals surface area contributed by atoms with E-state index < -0.39 is 0 Å². The number of ether oxygens (including phenoxy) is 3. The van der Waals surface area contributed by atoms with E-state index >= 15 is 0 Å². The molecular weight excluding hydrogens is 452 g/mol. The standard InChI is InChI=1S/C22H22N2O6S2/c1-27-18-11-15(4-5-17(18)30-14-20(25)23-6-9-28-10-7-23)12-19-21(26)24(22(31)32-19)13-16-3-2-8-29-16/h2-5,8,11-12H,6-7,9-10,13-14H2,1H3/b19-12-. The summed E-state index contributed by atoms with van der Waals surface area (Å²) in [5.74, 6) is 1.32. The quantitative estimate of drug-likeness (QED) is 0.448. The molecule has 0 bridgehead atoms. The van der Waals surface area contributed by atoms with Crippen LogP contribution in [-0.2, 0) is 20.9 Å². The molecular formula is C22H22N2O6S2. The summed E-state index contributed by atoms with van der Waals surface area (Å²) in [6.45, 7) is 2.42. The van der Waals surface area contributed by atoms with Crippen molar-refractivity contribution in [3.63, 3.8) is 0 Å². The van der Waals surface area contributed by atoms with Crippen LogP contribution >= 0.6 is 24.0 Å². The van der Waals surface area contributed by atoms with Gasteiger partial charge in [0.05, 0.1) is 38.0 Å². The van der Waals surface area contributed by atoms with Crippen LogP contribution in [0.15, 0.2) is 45.9 Å². The normalized spacial score (nSPS) is 17.8. The summed E-state index contributed by atoms with van der Waals surface area (Å²) >= 11 is 6.60. The number of thioether (sulfide) groups is 1. The molecule has 0 aliphatic carbocycles. The van der Waals surface area contributed by atoms with Gasteiger partial charge in [0.25, 0.3) is 11.8 Å². The molecule has 0 atom stereocenters. The van der Waals surface area contributed by atoms with Crippen LogP contribution in [0.25, 0.3) is 6.08 Å². The number of morpholine rings is 1. The Morgan fingerprint density at radius 3 is 2.78 bits per heavy atom. The van der Waals surface area contributed by atoms with Gasteiger partial charge in [-0.15, -0.1) is 0 Å². The minimum absolute atomic E-state index is 0.0822. The second-order valence-electron chi connectivity index (χ2n) is 7.04. The number of carbonyl (C=O) groups excluding carboxylic acids is 2. The first-order chi connectivity index (χ1) is 15.5. The minimum Gasteiger partial charge on any atom is -0.493 e. The lowest BCUT2D eigenvalue weighted by Crippen LogP contribution is -2.43. The van der Waals surface area contributed by atoms with Crippen LogP contribution < -0.4 is 9.47 Å². The summed E-state index contributed by atoms with van der Waals surface area (Å²) in [6, 6.07) is 8.85. The van der Waals surface area contributed by atoms with Crippen molar-refractivity contribution in [1.82, 2.24) is 9.80 Å². The lowest BCUT2D eigenvalue weighted by atomic mass is 10.2. The molecule has 0 N–H and O–H groups in total. The fraction of sp³-hybridized carbons (Fsp3) is 0.318. The predicted octanol–water partition coefficient (Wildman–Crippen LogP) is 2.93. The number of rotatable bonds is 7. The Morgan fingerprint density at radius 2 is 2.06 bits per heavy atom. The maximum atomic E-state index is 12.8. The Bertz CT molecular complexity index is 1030. The highest BCUT2D eigenvalue weighted by molar-refractivity contribution is 8.26. The zero-order chi connectivity index (χ0) is 22.5. The summed E-state index contributed by atoms with van der Waals surface area (Å²) in [4.78, 5) is 28.8. The van der Waals surface area contributed by atoms with Crippen molar-refractivity contribution in [3.8, 4) is 11.5 Å². The van der Waals surface area contributed by atoms with Crippen molar-refractivity contribution in [2.24, 2.45) is 0 Å². The highest BCUT2D eigenvalue weighted by atomic mass is 32.2. The molecule has 10 heteroatoms. The van der Waals surface area contributed by atoms with E-state index in [1.54, 1.807) is 47.6 Å². The minimum atomic E-state index is -0.174. The molecule has 0 radical (unpaired) electrons. The summed E-state index contributed by atoms with van der Waals surface area (Å²) in [5, 5.41) is 0. The Labute approximate surface area is 195 Å². The second-order valence-corrected chi connectivity index (χ2v) is 8.72. The number of carbonyl (C=O) groups is 2. The molecule has 8 nitrogen and oxygen atoms in total. The van der Waals surface area contributed by atoms with Gasteiger partial charge in [0.15, 0.2) is 18.1 Å². The van der Waals surface area contributed by atoms with Gasteiger partial charge in [-0.3, -0.25) is 14.5 Å². The van der Waals surface area contributed by atoms with Crippen LogP contribution in [0.1, 0.15) is 11.3 Å². The van der Waals surface area contributed by atoms with Crippen molar-refractivity contribution in [3.05, 3.63) is 52.8 Å². The number of hydrogen-bond donors (Lipinski definition) is 0. The van der Waals surface area contributed by atoms with Crippen LogP contribution in [0.2, 0.25) is 0 Å². The van der Waals surface area contributed by atoms with Crippen molar-refractivity contribution in [2.45, 2.75) is 6.54 Å². The molecule has 2 aliphatic heterocycles. The van der Waals surface area contributed by atoms with Crippen LogP contribution in [0, 0.1) is 0 Å². The molecule has 1 aromatic carbocycles. The van der Waals surface area contributed by atoms with E-state index in [0.717, 1.165) is 5.56 Å². The van der Waals surface area contributed by atoms with Gasteiger partial charge in [0, 0.05) is 13.1 Å². The van der Waals surface area contributed by atoms with Crippen molar-refractivity contribution in [1.29, 1.82) is 0 Å². The summed E-state index contributed by atoms with van der Waals surface area (Å²) in [6.07, 6.45) is 3.32. The van der Waals surface area contributed by atoms with E-state index in [1.807, 2.05) is 0 Å². The third-order valence-electron chi connectivity index (χ3n) is 4.97. The molecule has 32 heavy (non-hydrogen) atoms. The van der Waals surface area contributed by atoms with Crippen molar-refractivity contribution in [2.75, 3.05) is 40.0 Å².